The summed E-state index contributed by atoms with van der Waals surface area (Å²) >= 11 is 3.41. The number of hydrogen-bond donors (Lipinski definition) is 2. The third-order valence-electron chi connectivity index (χ3n) is 2.31. The van der Waals surface area contributed by atoms with E-state index in [1.807, 2.05) is 18.2 Å². The number of aromatic nitrogens is 3. The van der Waals surface area contributed by atoms with E-state index in [0.717, 1.165) is 15.9 Å². The van der Waals surface area contributed by atoms with Crippen molar-refractivity contribution in [2.24, 2.45) is 0 Å². The first-order chi connectivity index (χ1) is 7.58. The first kappa shape index (κ1) is 11.1. The summed E-state index contributed by atoms with van der Waals surface area (Å²) < 4.78 is 0.965. The number of aromatic amines is 1. The van der Waals surface area contributed by atoms with E-state index in [1.54, 1.807) is 0 Å². The van der Waals surface area contributed by atoms with Crippen LogP contribution in [0.3, 0.4) is 0 Å². The summed E-state index contributed by atoms with van der Waals surface area (Å²) in [6.07, 6.45) is 0. The summed E-state index contributed by atoms with van der Waals surface area (Å²) in [6.45, 7) is 4.13. The summed E-state index contributed by atoms with van der Waals surface area (Å²) in [5, 5.41) is 7.09. The van der Waals surface area contributed by atoms with Crippen LogP contribution in [0.4, 0.5) is 5.69 Å². The molecule has 2 aromatic rings. The average molecular weight is 281 g/mol. The minimum Gasteiger partial charge on any atom is -0.398 e. The van der Waals surface area contributed by atoms with Crippen LogP contribution < -0.4 is 5.73 Å². The van der Waals surface area contributed by atoms with Crippen molar-refractivity contribution in [2.45, 2.75) is 19.8 Å². The molecular weight excluding hydrogens is 268 g/mol. The number of benzene rings is 1. The summed E-state index contributed by atoms with van der Waals surface area (Å²) in [6, 6.07) is 5.66. The zero-order valence-electron chi connectivity index (χ0n) is 9.16. The van der Waals surface area contributed by atoms with Crippen LogP contribution in [-0.2, 0) is 0 Å². The summed E-state index contributed by atoms with van der Waals surface area (Å²) in [4.78, 5) is 4.41. The molecule has 5 heteroatoms. The van der Waals surface area contributed by atoms with E-state index in [2.05, 4.69) is 45.0 Å². The molecule has 1 aromatic heterocycles. The van der Waals surface area contributed by atoms with Crippen LogP contribution in [0.1, 0.15) is 25.6 Å². The highest BCUT2D eigenvalue weighted by Gasteiger charge is 2.11. The molecule has 0 saturated heterocycles. The van der Waals surface area contributed by atoms with Gasteiger partial charge in [0.05, 0.1) is 0 Å². The lowest BCUT2D eigenvalue weighted by Crippen LogP contribution is -1.92. The molecule has 1 aromatic carbocycles. The summed E-state index contributed by atoms with van der Waals surface area (Å²) in [5.74, 6) is 1.84. The van der Waals surface area contributed by atoms with Gasteiger partial charge in [-0.3, -0.25) is 5.10 Å². The van der Waals surface area contributed by atoms with Gasteiger partial charge >= 0.3 is 0 Å². The standard InChI is InChI=1S/C11H13BrN4/c1-6(2)10-14-11(16-15-10)8-5-7(12)3-4-9(8)13/h3-6H,13H2,1-2H3,(H,14,15,16). The largest absolute Gasteiger partial charge is 0.398 e. The fourth-order valence-corrected chi connectivity index (χ4v) is 1.74. The van der Waals surface area contributed by atoms with Gasteiger partial charge in [0.1, 0.15) is 5.82 Å². The number of hydrogen-bond acceptors (Lipinski definition) is 3. The van der Waals surface area contributed by atoms with Gasteiger partial charge in [0.2, 0.25) is 0 Å². The van der Waals surface area contributed by atoms with Crippen molar-refractivity contribution in [2.75, 3.05) is 5.73 Å². The van der Waals surface area contributed by atoms with E-state index in [1.165, 1.54) is 0 Å². The molecular formula is C11H13BrN4. The molecule has 16 heavy (non-hydrogen) atoms. The molecule has 0 aliphatic heterocycles. The van der Waals surface area contributed by atoms with Crippen LogP contribution in [0.5, 0.6) is 0 Å². The van der Waals surface area contributed by atoms with Gasteiger partial charge in [-0.1, -0.05) is 29.8 Å². The van der Waals surface area contributed by atoms with Crippen LogP contribution in [0.15, 0.2) is 22.7 Å². The van der Waals surface area contributed by atoms with Crippen molar-refractivity contribution >= 4 is 21.6 Å². The molecule has 0 aliphatic carbocycles. The van der Waals surface area contributed by atoms with Crippen molar-refractivity contribution in [3.63, 3.8) is 0 Å². The summed E-state index contributed by atoms with van der Waals surface area (Å²) in [7, 11) is 0. The average Bonchev–Trinajstić information content (AvgIpc) is 2.70. The number of anilines is 1. The Morgan fingerprint density at radius 1 is 1.38 bits per heavy atom. The van der Waals surface area contributed by atoms with Gasteiger partial charge in [-0.25, -0.2) is 4.98 Å². The van der Waals surface area contributed by atoms with Gasteiger partial charge in [-0.2, -0.15) is 5.10 Å². The van der Waals surface area contributed by atoms with E-state index in [9.17, 15) is 0 Å². The molecule has 4 nitrogen and oxygen atoms in total. The number of halogens is 1. The van der Waals surface area contributed by atoms with E-state index in [4.69, 9.17) is 5.73 Å². The van der Waals surface area contributed by atoms with Crippen molar-refractivity contribution in [1.29, 1.82) is 0 Å². The molecule has 0 spiro atoms. The quantitative estimate of drug-likeness (QED) is 0.831. The Labute approximate surface area is 102 Å². The van der Waals surface area contributed by atoms with Gasteiger partial charge in [0.15, 0.2) is 5.82 Å². The second-order valence-electron chi connectivity index (χ2n) is 3.93. The molecule has 2 rings (SSSR count). The fraction of sp³-hybridized carbons (Fsp3) is 0.273. The molecule has 0 amide bonds. The second-order valence-corrected chi connectivity index (χ2v) is 4.85. The molecule has 0 bridgehead atoms. The smallest absolute Gasteiger partial charge is 0.183 e. The number of nitrogen functional groups attached to an aromatic ring is 1. The van der Waals surface area contributed by atoms with Gasteiger partial charge in [-0.05, 0) is 18.2 Å². The number of rotatable bonds is 2. The van der Waals surface area contributed by atoms with E-state index in [0.29, 0.717) is 17.4 Å². The van der Waals surface area contributed by atoms with Crippen molar-refractivity contribution in [3.8, 4) is 11.4 Å². The number of nitrogens with zero attached hydrogens (tertiary/aromatic N) is 2. The predicted molar refractivity (Wildman–Crippen MR) is 68.0 cm³/mol. The Bertz CT molecular complexity index is 504. The maximum Gasteiger partial charge on any atom is 0.183 e. The highest BCUT2D eigenvalue weighted by atomic mass is 79.9. The molecule has 0 fully saturated rings. The van der Waals surface area contributed by atoms with Gasteiger partial charge in [-0.15, -0.1) is 0 Å². The normalized spacial score (nSPS) is 11.0. The molecule has 1 heterocycles. The van der Waals surface area contributed by atoms with Crippen molar-refractivity contribution < 1.29 is 0 Å². The van der Waals surface area contributed by atoms with E-state index in [-0.39, 0.29) is 0 Å². The lowest BCUT2D eigenvalue weighted by Gasteiger charge is -2.01. The van der Waals surface area contributed by atoms with Crippen molar-refractivity contribution in [1.82, 2.24) is 15.2 Å². The van der Waals surface area contributed by atoms with E-state index < -0.39 is 0 Å². The minimum absolute atomic E-state index is 0.328. The maximum atomic E-state index is 5.89. The lowest BCUT2D eigenvalue weighted by atomic mass is 10.1. The first-order valence-corrected chi connectivity index (χ1v) is 5.85. The number of nitrogens with two attached hydrogens (primary N) is 1. The highest BCUT2D eigenvalue weighted by Crippen LogP contribution is 2.27. The molecule has 3 N–H and O–H groups in total. The molecule has 0 aliphatic rings. The first-order valence-electron chi connectivity index (χ1n) is 5.05. The van der Waals surface area contributed by atoms with E-state index >= 15 is 0 Å². The molecule has 84 valence electrons. The van der Waals surface area contributed by atoms with Crippen LogP contribution >= 0.6 is 15.9 Å². The Morgan fingerprint density at radius 3 is 2.75 bits per heavy atom. The Hall–Kier alpha value is -1.36. The third kappa shape index (κ3) is 2.09. The number of H-pyrrole nitrogens is 1. The SMILES string of the molecule is CC(C)c1nc(-c2cc(Br)ccc2N)n[nH]1. The predicted octanol–water partition coefficient (Wildman–Crippen LogP) is 2.94. The lowest BCUT2D eigenvalue weighted by molar-refractivity contribution is 0.781. The second kappa shape index (κ2) is 4.25. The van der Waals surface area contributed by atoms with Crippen molar-refractivity contribution in [3.05, 3.63) is 28.5 Å². The van der Waals surface area contributed by atoms with Gasteiger partial charge in [0, 0.05) is 21.6 Å². The van der Waals surface area contributed by atoms with Crippen LogP contribution in [-0.4, -0.2) is 15.2 Å². The highest BCUT2D eigenvalue weighted by molar-refractivity contribution is 9.10. The number of nitrogens with one attached hydrogen (secondary N) is 1. The molecule has 0 saturated carbocycles. The van der Waals surface area contributed by atoms with Crippen LogP contribution in [0, 0.1) is 0 Å². The summed E-state index contributed by atoms with van der Waals surface area (Å²) in [5.41, 5.74) is 7.42. The van der Waals surface area contributed by atoms with Crippen LogP contribution in [0.25, 0.3) is 11.4 Å². The Morgan fingerprint density at radius 2 is 2.12 bits per heavy atom. The molecule has 0 unspecified atom stereocenters. The zero-order valence-corrected chi connectivity index (χ0v) is 10.7. The van der Waals surface area contributed by atoms with Gasteiger partial charge < -0.3 is 5.73 Å². The molecule has 0 atom stereocenters. The zero-order chi connectivity index (χ0) is 11.7. The third-order valence-corrected chi connectivity index (χ3v) is 2.80. The fourth-order valence-electron chi connectivity index (χ4n) is 1.38. The van der Waals surface area contributed by atoms with Crippen LogP contribution in [0.2, 0.25) is 0 Å². The monoisotopic (exact) mass is 280 g/mol. The topological polar surface area (TPSA) is 67.6 Å². The molecule has 0 radical (unpaired) electrons. The Kier molecular flexibility index (Phi) is 2.96. The minimum atomic E-state index is 0.328. The Balaban J connectivity index is 2.46. The maximum absolute atomic E-state index is 5.89. The van der Waals surface area contributed by atoms with Gasteiger partial charge in [0.25, 0.3) is 0 Å².